The number of hydrogen-bond acceptors (Lipinski definition) is 5. The Balaban J connectivity index is 0.00000121. The number of piperidine rings is 1. The number of imide groups is 1. The minimum Gasteiger partial charge on any atom is -0.369 e. The summed E-state index contributed by atoms with van der Waals surface area (Å²) < 4.78 is 0. The maximum absolute atomic E-state index is 12.8. The molecule has 2 fully saturated rings. The number of rotatable bonds is 2. The number of amides is 3. The maximum atomic E-state index is 12.8. The van der Waals surface area contributed by atoms with Crippen molar-refractivity contribution >= 4 is 48.2 Å². The number of nitrogens with one attached hydrogen (secondary N) is 2. The van der Waals surface area contributed by atoms with Crippen molar-refractivity contribution in [2.45, 2.75) is 25.4 Å². The molecule has 0 aromatic heterocycles. The van der Waals surface area contributed by atoms with E-state index < -0.39 is 6.04 Å². The van der Waals surface area contributed by atoms with Gasteiger partial charge in [-0.05, 0) is 18.6 Å². The summed E-state index contributed by atoms with van der Waals surface area (Å²) in [4.78, 5) is 40.2. The third kappa shape index (κ3) is 3.51. The molecule has 2 N–H and O–H groups in total. The van der Waals surface area contributed by atoms with E-state index in [0.717, 1.165) is 37.4 Å². The van der Waals surface area contributed by atoms with Crippen molar-refractivity contribution in [2.24, 2.45) is 0 Å². The smallest absolute Gasteiger partial charge is 0.255 e. The number of fused-ring (bicyclic) bond motifs is 1. The fourth-order valence-corrected chi connectivity index (χ4v) is 3.77. The minimum absolute atomic E-state index is 0. The highest BCUT2D eigenvalue weighted by atomic mass is 35.5. The quantitative estimate of drug-likeness (QED) is 0.714. The van der Waals surface area contributed by atoms with E-state index in [1.807, 2.05) is 18.2 Å². The topological polar surface area (TPSA) is 81.8 Å². The number of halogens is 2. The molecule has 4 rings (SSSR count). The van der Waals surface area contributed by atoms with Crippen LogP contribution in [0.2, 0.25) is 0 Å². The zero-order valence-corrected chi connectivity index (χ0v) is 15.8. The number of carbonyl (C=O) groups is 3. The molecule has 26 heavy (non-hydrogen) atoms. The molecule has 9 heteroatoms. The van der Waals surface area contributed by atoms with Crippen LogP contribution in [-0.4, -0.2) is 54.8 Å². The molecule has 7 nitrogen and oxygen atoms in total. The molecular weight excluding hydrogens is 379 g/mol. The molecule has 1 atom stereocenters. The van der Waals surface area contributed by atoms with Crippen molar-refractivity contribution in [1.29, 1.82) is 0 Å². The van der Waals surface area contributed by atoms with E-state index in [1.165, 1.54) is 0 Å². The Morgan fingerprint density at radius 3 is 2.46 bits per heavy atom. The number of benzene rings is 1. The van der Waals surface area contributed by atoms with Crippen LogP contribution in [0.25, 0.3) is 0 Å². The van der Waals surface area contributed by atoms with E-state index in [0.29, 0.717) is 18.5 Å². The molecule has 0 aliphatic carbocycles. The lowest BCUT2D eigenvalue weighted by Gasteiger charge is -2.31. The molecule has 1 aromatic carbocycles. The van der Waals surface area contributed by atoms with Crippen molar-refractivity contribution in [3.05, 3.63) is 29.3 Å². The first-order valence-corrected chi connectivity index (χ1v) is 8.37. The second-order valence-corrected chi connectivity index (χ2v) is 6.44. The van der Waals surface area contributed by atoms with Crippen molar-refractivity contribution < 1.29 is 14.4 Å². The average Bonchev–Trinajstić information content (AvgIpc) is 2.93. The summed E-state index contributed by atoms with van der Waals surface area (Å²) in [5.74, 6) is -0.741. The van der Waals surface area contributed by atoms with Gasteiger partial charge in [-0.3, -0.25) is 19.7 Å². The molecule has 3 amide bonds. The number of nitrogens with zero attached hydrogens (tertiary/aromatic N) is 2. The number of piperazine rings is 1. The molecule has 1 unspecified atom stereocenters. The largest absolute Gasteiger partial charge is 0.369 e. The van der Waals surface area contributed by atoms with Crippen molar-refractivity contribution in [3.63, 3.8) is 0 Å². The van der Waals surface area contributed by atoms with Gasteiger partial charge in [-0.2, -0.15) is 0 Å². The second kappa shape index (κ2) is 8.24. The first-order chi connectivity index (χ1) is 11.6. The SMILES string of the molecule is Cl.Cl.O=C1CCC(N2Cc3c(cccc3N3CCNCC3)C2=O)C(=O)N1. The van der Waals surface area contributed by atoms with E-state index in [9.17, 15) is 14.4 Å². The van der Waals surface area contributed by atoms with Gasteiger partial charge in [-0.15, -0.1) is 24.8 Å². The Morgan fingerprint density at radius 1 is 1.04 bits per heavy atom. The van der Waals surface area contributed by atoms with Crippen LogP contribution in [0, 0.1) is 0 Å². The van der Waals surface area contributed by atoms with Crippen LogP contribution < -0.4 is 15.5 Å². The molecule has 0 bridgehead atoms. The summed E-state index contributed by atoms with van der Waals surface area (Å²) >= 11 is 0. The van der Waals surface area contributed by atoms with Gasteiger partial charge in [0.15, 0.2) is 0 Å². The van der Waals surface area contributed by atoms with Gasteiger partial charge in [-0.1, -0.05) is 6.07 Å². The Hall–Kier alpha value is -1.83. The zero-order chi connectivity index (χ0) is 16.7. The number of anilines is 1. The third-order valence-corrected chi connectivity index (χ3v) is 5.02. The van der Waals surface area contributed by atoms with Crippen LogP contribution in [0.15, 0.2) is 18.2 Å². The predicted molar refractivity (Wildman–Crippen MR) is 102 cm³/mol. The van der Waals surface area contributed by atoms with E-state index in [-0.39, 0.29) is 49.0 Å². The lowest BCUT2D eigenvalue weighted by atomic mass is 10.0. The summed E-state index contributed by atoms with van der Waals surface area (Å²) in [6, 6.07) is 5.22. The fraction of sp³-hybridized carbons (Fsp3) is 0.471. The van der Waals surface area contributed by atoms with Crippen LogP contribution >= 0.6 is 24.8 Å². The molecule has 0 spiro atoms. The Kier molecular flexibility index (Phi) is 6.49. The molecule has 0 radical (unpaired) electrons. The highest BCUT2D eigenvalue weighted by Gasteiger charge is 2.40. The van der Waals surface area contributed by atoms with Gasteiger partial charge < -0.3 is 15.1 Å². The molecule has 142 valence electrons. The van der Waals surface area contributed by atoms with Crippen molar-refractivity contribution in [1.82, 2.24) is 15.5 Å². The number of carbonyl (C=O) groups excluding carboxylic acids is 3. The van der Waals surface area contributed by atoms with Crippen LogP contribution in [0.4, 0.5) is 5.69 Å². The summed E-state index contributed by atoms with van der Waals surface area (Å²) in [5, 5.41) is 5.67. The highest BCUT2D eigenvalue weighted by molar-refractivity contribution is 6.06. The van der Waals surface area contributed by atoms with E-state index in [2.05, 4.69) is 15.5 Å². The fourth-order valence-electron chi connectivity index (χ4n) is 3.77. The van der Waals surface area contributed by atoms with Gasteiger partial charge in [-0.25, -0.2) is 0 Å². The monoisotopic (exact) mass is 400 g/mol. The first-order valence-electron chi connectivity index (χ1n) is 8.37. The Labute approximate surface area is 164 Å². The molecule has 2 saturated heterocycles. The van der Waals surface area contributed by atoms with Gasteiger partial charge >= 0.3 is 0 Å². The van der Waals surface area contributed by atoms with E-state index >= 15 is 0 Å². The van der Waals surface area contributed by atoms with Crippen LogP contribution in [-0.2, 0) is 16.1 Å². The van der Waals surface area contributed by atoms with E-state index in [4.69, 9.17) is 0 Å². The normalized spacial score (nSPS) is 22.3. The van der Waals surface area contributed by atoms with Crippen molar-refractivity contribution in [2.75, 3.05) is 31.1 Å². The van der Waals surface area contributed by atoms with Gasteiger partial charge in [0.25, 0.3) is 5.91 Å². The summed E-state index contributed by atoms with van der Waals surface area (Å²) in [5.41, 5.74) is 2.75. The van der Waals surface area contributed by atoms with Gasteiger partial charge in [0, 0.05) is 56.0 Å². The van der Waals surface area contributed by atoms with Gasteiger partial charge in [0.1, 0.15) is 6.04 Å². The lowest BCUT2D eigenvalue weighted by Crippen LogP contribution is -2.52. The summed E-state index contributed by atoms with van der Waals surface area (Å²) in [6.45, 7) is 4.09. The van der Waals surface area contributed by atoms with E-state index in [1.54, 1.807) is 4.90 Å². The molecule has 1 aromatic rings. The Morgan fingerprint density at radius 2 is 1.77 bits per heavy atom. The molecule has 3 aliphatic rings. The average molecular weight is 401 g/mol. The molecule has 0 saturated carbocycles. The summed E-state index contributed by atoms with van der Waals surface area (Å²) in [7, 11) is 0. The molecule has 3 aliphatic heterocycles. The summed E-state index contributed by atoms with van der Waals surface area (Å²) in [6.07, 6.45) is 0.675. The van der Waals surface area contributed by atoms with Gasteiger partial charge in [0.05, 0.1) is 0 Å². The van der Waals surface area contributed by atoms with Crippen LogP contribution in [0.3, 0.4) is 0 Å². The second-order valence-electron chi connectivity index (χ2n) is 6.44. The Bertz CT molecular complexity index is 722. The minimum atomic E-state index is -0.557. The molecule has 3 heterocycles. The van der Waals surface area contributed by atoms with Gasteiger partial charge in [0.2, 0.25) is 11.8 Å². The molecular formula is C17H22Cl2N4O3. The highest BCUT2D eigenvalue weighted by Crippen LogP contribution is 2.34. The van der Waals surface area contributed by atoms with Crippen molar-refractivity contribution in [3.8, 4) is 0 Å². The third-order valence-electron chi connectivity index (χ3n) is 5.02. The maximum Gasteiger partial charge on any atom is 0.255 e. The van der Waals surface area contributed by atoms with Crippen LogP contribution in [0.5, 0.6) is 0 Å². The van der Waals surface area contributed by atoms with Crippen LogP contribution in [0.1, 0.15) is 28.8 Å². The first kappa shape index (κ1) is 20.5. The lowest BCUT2D eigenvalue weighted by molar-refractivity contribution is -0.136. The standard InChI is InChI=1S/C17H20N4O3.2ClH/c22-15-5-4-14(16(23)19-15)21-10-12-11(17(21)24)2-1-3-13(12)20-8-6-18-7-9-20;;/h1-3,14,18H,4-10H2,(H,19,22,23);2*1H. The zero-order valence-electron chi connectivity index (χ0n) is 14.2. The predicted octanol–water partition coefficient (Wildman–Crippen LogP) is 0.701. The number of hydrogen-bond donors (Lipinski definition) is 2.